The van der Waals surface area contributed by atoms with Crippen LogP contribution in [0.3, 0.4) is 0 Å². The van der Waals surface area contributed by atoms with Crippen LogP contribution in [-0.2, 0) is 0 Å². The maximum atomic E-state index is 5.34. The Morgan fingerprint density at radius 3 is 2.74 bits per heavy atom. The van der Waals surface area contributed by atoms with Gasteiger partial charge >= 0.3 is 0 Å². The fourth-order valence-electron chi connectivity index (χ4n) is 3.30. The molecule has 0 amide bonds. The summed E-state index contributed by atoms with van der Waals surface area (Å²) in [5.74, 6) is 1.79. The van der Waals surface area contributed by atoms with Crippen molar-refractivity contribution in [2.24, 2.45) is 0 Å². The number of hydrogen-bond acceptors (Lipinski definition) is 5. The van der Waals surface area contributed by atoms with E-state index >= 15 is 0 Å². The van der Waals surface area contributed by atoms with Gasteiger partial charge in [-0.2, -0.15) is 10.1 Å². The molecule has 19 heavy (non-hydrogen) atoms. The molecule has 4 heterocycles. The maximum absolute atomic E-state index is 5.34. The van der Waals surface area contributed by atoms with E-state index in [1.807, 2.05) is 13.0 Å². The smallest absolute Gasteiger partial charge is 0.278 e. The highest BCUT2D eigenvalue weighted by Crippen LogP contribution is 2.36. The Labute approximate surface area is 111 Å². The van der Waals surface area contributed by atoms with Crippen LogP contribution in [0.1, 0.15) is 43.1 Å². The van der Waals surface area contributed by atoms with Crippen molar-refractivity contribution < 1.29 is 4.52 Å². The third kappa shape index (κ3) is 1.96. The van der Waals surface area contributed by atoms with Crippen molar-refractivity contribution in [2.75, 3.05) is 0 Å². The van der Waals surface area contributed by atoms with Crippen molar-refractivity contribution in [3.05, 3.63) is 17.6 Å². The third-order valence-electron chi connectivity index (χ3n) is 4.21. The molecule has 0 aliphatic carbocycles. The van der Waals surface area contributed by atoms with Crippen molar-refractivity contribution in [3.8, 4) is 11.6 Å². The molecule has 2 N–H and O–H groups in total. The van der Waals surface area contributed by atoms with Crippen molar-refractivity contribution in [1.29, 1.82) is 0 Å². The topological polar surface area (TPSA) is 79.6 Å². The number of nitrogens with zero attached hydrogens (tertiary/aromatic N) is 3. The van der Waals surface area contributed by atoms with E-state index in [1.54, 1.807) is 0 Å². The van der Waals surface area contributed by atoms with E-state index in [0.29, 0.717) is 23.9 Å². The zero-order chi connectivity index (χ0) is 12.8. The van der Waals surface area contributed by atoms with Gasteiger partial charge in [0.05, 0.1) is 0 Å². The first-order chi connectivity index (χ1) is 9.28. The van der Waals surface area contributed by atoms with Crippen LogP contribution in [-0.4, -0.2) is 32.4 Å². The number of H-pyrrole nitrogens is 1. The average Bonchev–Trinajstić information content (AvgIpc) is 3.10. The molecule has 2 aromatic rings. The van der Waals surface area contributed by atoms with Crippen molar-refractivity contribution in [1.82, 2.24) is 25.7 Å². The van der Waals surface area contributed by atoms with Gasteiger partial charge in [0.2, 0.25) is 0 Å². The number of rotatable bonds is 2. The van der Waals surface area contributed by atoms with Crippen LogP contribution >= 0.6 is 0 Å². The lowest BCUT2D eigenvalue weighted by Crippen LogP contribution is -2.37. The second kappa shape index (κ2) is 4.16. The highest BCUT2D eigenvalue weighted by molar-refractivity contribution is 5.46. The summed E-state index contributed by atoms with van der Waals surface area (Å²) in [6.45, 7) is 1.96. The summed E-state index contributed by atoms with van der Waals surface area (Å²) in [4.78, 5) is 4.53. The van der Waals surface area contributed by atoms with Gasteiger partial charge in [-0.05, 0) is 38.7 Å². The lowest BCUT2D eigenvalue weighted by molar-refractivity contribution is 0.340. The van der Waals surface area contributed by atoms with Gasteiger partial charge in [0, 0.05) is 23.7 Å². The SMILES string of the molecule is Cc1cc(-c2nc(C3CC4CCC(C3)N4)no2)n[nH]1. The van der Waals surface area contributed by atoms with E-state index in [9.17, 15) is 0 Å². The van der Waals surface area contributed by atoms with Crippen LogP contribution in [0.2, 0.25) is 0 Å². The Bertz CT molecular complexity index is 577. The summed E-state index contributed by atoms with van der Waals surface area (Å²) < 4.78 is 5.34. The second-order valence-corrected chi connectivity index (χ2v) is 5.70. The molecule has 0 spiro atoms. The average molecular weight is 259 g/mol. The van der Waals surface area contributed by atoms with E-state index in [0.717, 1.165) is 30.1 Å². The van der Waals surface area contributed by atoms with Gasteiger partial charge in [-0.15, -0.1) is 0 Å². The fourth-order valence-corrected chi connectivity index (χ4v) is 3.30. The molecule has 2 fully saturated rings. The minimum Gasteiger partial charge on any atom is -0.332 e. The summed E-state index contributed by atoms with van der Waals surface area (Å²) >= 11 is 0. The number of hydrogen-bond donors (Lipinski definition) is 2. The molecule has 2 bridgehead atoms. The van der Waals surface area contributed by atoms with Crippen LogP contribution in [0.25, 0.3) is 11.6 Å². The zero-order valence-corrected chi connectivity index (χ0v) is 10.9. The second-order valence-electron chi connectivity index (χ2n) is 5.70. The van der Waals surface area contributed by atoms with Gasteiger partial charge < -0.3 is 9.84 Å². The van der Waals surface area contributed by atoms with Crippen LogP contribution in [0.4, 0.5) is 0 Å². The van der Waals surface area contributed by atoms with Gasteiger partial charge in [-0.25, -0.2) is 0 Å². The zero-order valence-electron chi connectivity index (χ0n) is 10.9. The van der Waals surface area contributed by atoms with Crippen molar-refractivity contribution in [3.63, 3.8) is 0 Å². The van der Waals surface area contributed by atoms with Gasteiger partial charge in [0.15, 0.2) is 11.5 Å². The predicted molar refractivity (Wildman–Crippen MR) is 68.5 cm³/mol. The summed E-state index contributed by atoms with van der Waals surface area (Å²) in [6, 6.07) is 3.19. The minimum absolute atomic E-state index is 0.427. The molecule has 100 valence electrons. The number of piperidine rings is 1. The van der Waals surface area contributed by atoms with Gasteiger partial charge in [-0.1, -0.05) is 5.16 Å². The molecule has 6 heteroatoms. The van der Waals surface area contributed by atoms with Crippen LogP contribution in [0.15, 0.2) is 10.6 Å². The monoisotopic (exact) mass is 259 g/mol. The third-order valence-corrected chi connectivity index (χ3v) is 4.21. The minimum atomic E-state index is 0.427. The number of aryl methyl sites for hydroxylation is 1. The molecule has 2 aliphatic rings. The molecule has 2 saturated heterocycles. The molecular formula is C13H17N5O. The Morgan fingerprint density at radius 2 is 2.05 bits per heavy atom. The highest BCUT2D eigenvalue weighted by Gasteiger charge is 2.36. The summed E-state index contributed by atoms with van der Waals surface area (Å²) in [7, 11) is 0. The fraction of sp³-hybridized carbons (Fsp3) is 0.615. The van der Waals surface area contributed by atoms with E-state index < -0.39 is 0 Å². The summed E-state index contributed by atoms with van der Waals surface area (Å²) in [5, 5.41) is 14.8. The molecule has 0 saturated carbocycles. The number of nitrogens with one attached hydrogen (secondary N) is 2. The number of aromatic nitrogens is 4. The molecule has 2 aromatic heterocycles. The largest absolute Gasteiger partial charge is 0.332 e. The molecule has 2 aliphatic heterocycles. The lowest BCUT2D eigenvalue weighted by atomic mass is 9.92. The van der Waals surface area contributed by atoms with Crippen molar-refractivity contribution >= 4 is 0 Å². The first-order valence-corrected chi connectivity index (χ1v) is 6.90. The molecule has 2 atom stereocenters. The molecule has 2 unspecified atom stereocenters. The Hall–Kier alpha value is -1.69. The van der Waals surface area contributed by atoms with E-state index in [4.69, 9.17) is 4.52 Å². The lowest BCUT2D eigenvalue weighted by Gasteiger charge is -2.26. The van der Waals surface area contributed by atoms with Gasteiger partial charge in [0.25, 0.3) is 5.89 Å². The van der Waals surface area contributed by atoms with Crippen LogP contribution < -0.4 is 5.32 Å². The molecule has 0 aromatic carbocycles. The standard InChI is InChI=1S/C13H17N5O/c1-7-4-11(17-16-7)13-15-12(18-19-13)8-5-9-2-3-10(6-8)14-9/h4,8-10,14H,2-3,5-6H2,1H3,(H,16,17). The Morgan fingerprint density at radius 1 is 1.26 bits per heavy atom. The Balaban J connectivity index is 1.58. The van der Waals surface area contributed by atoms with Crippen molar-refractivity contribution in [2.45, 2.75) is 50.6 Å². The molecule has 4 rings (SSSR count). The van der Waals surface area contributed by atoms with Crippen LogP contribution in [0.5, 0.6) is 0 Å². The van der Waals surface area contributed by atoms with Gasteiger partial charge in [0.1, 0.15) is 0 Å². The molecule has 0 radical (unpaired) electrons. The molecule has 6 nitrogen and oxygen atoms in total. The van der Waals surface area contributed by atoms with E-state index in [2.05, 4.69) is 25.7 Å². The first-order valence-electron chi connectivity index (χ1n) is 6.90. The Kier molecular flexibility index (Phi) is 2.44. The quantitative estimate of drug-likeness (QED) is 0.859. The highest BCUT2D eigenvalue weighted by atomic mass is 16.5. The normalized spacial score (nSPS) is 29.8. The van der Waals surface area contributed by atoms with E-state index in [-0.39, 0.29) is 0 Å². The van der Waals surface area contributed by atoms with Gasteiger partial charge in [-0.3, -0.25) is 5.10 Å². The maximum Gasteiger partial charge on any atom is 0.278 e. The summed E-state index contributed by atoms with van der Waals surface area (Å²) in [6.07, 6.45) is 4.80. The van der Waals surface area contributed by atoms with E-state index in [1.165, 1.54) is 12.8 Å². The summed E-state index contributed by atoms with van der Waals surface area (Å²) in [5.41, 5.74) is 1.72. The number of aromatic amines is 1. The molecular weight excluding hydrogens is 242 g/mol. The van der Waals surface area contributed by atoms with Crippen LogP contribution in [0, 0.1) is 6.92 Å². The predicted octanol–water partition coefficient (Wildman–Crippen LogP) is 1.77. The first kappa shape index (κ1) is 11.2. The number of fused-ring (bicyclic) bond motifs is 2.